The summed E-state index contributed by atoms with van der Waals surface area (Å²) in [4.78, 5) is 22.6. The fraction of sp³-hybridized carbons (Fsp3) is 0.429. The summed E-state index contributed by atoms with van der Waals surface area (Å²) in [7, 11) is 0. The number of hydrogen-bond donors (Lipinski definition) is 1. The van der Waals surface area contributed by atoms with E-state index in [9.17, 15) is 9.59 Å². The van der Waals surface area contributed by atoms with Crippen molar-refractivity contribution >= 4 is 18.1 Å². The zero-order chi connectivity index (χ0) is 13.9. The molecule has 0 saturated carbocycles. The molecule has 0 fully saturated rings. The van der Waals surface area contributed by atoms with Crippen molar-refractivity contribution in [3.05, 3.63) is 28.8 Å². The van der Waals surface area contributed by atoms with Gasteiger partial charge in [0, 0.05) is 11.3 Å². The van der Waals surface area contributed by atoms with E-state index in [1.165, 1.54) is 0 Å². The zero-order valence-electron chi connectivity index (χ0n) is 11.5. The summed E-state index contributed by atoms with van der Waals surface area (Å²) < 4.78 is 5.17. The summed E-state index contributed by atoms with van der Waals surface area (Å²) in [6, 6.07) is 3.59. The Labute approximate surface area is 107 Å². The lowest BCUT2D eigenvalue weighted by atomic mass is 10.0. The normalized spacial score (nSPS) is 10.9. The molecule has 0 atom stereocenters. The molecule has 0 saturated heterocycles. The minimum absolute atomic E-state index is 0.520. The molecule has 4 nitrogen and oxygen atoms in total. The number of carbonyl (C=O) groups excluding carboxylic acids is 2. The lowest BCUT2D eigenvalue weighted by Crippen LogP contribution is -2.27. The molecule has 1 rings (SSSR count). The highest BCUT2D eigenvalue weighted by Crippen LogP contribution is 2.21. The van der Waals surface area contributed by atoms with Gasteiger partial charge in [0.25, 0.3) is 0 Å². The number of benzene rings is 1. The van der Waals surface area contributed by atoms with Gasteiger partial charge in [-0.15, -0.1) is 0 Å². The van der Waals surface area contributed by atoms with Gasteiger partial charge in [-0.2, -0.15) is 0 Å². The van der Waals surface area contributed by atoms with Gasteiger partial charge in [0.15, 0.2) is 0 Å². The molecule has 0 aliphatic rings. The third kappa shape index (κ3) is 3.87. The van der Waals surface area contributed by atoms with Crippen LogP contribution in [0.15, 0.2) is 12.1 Å². The van der Waals surface area contributed by atoms with Gasteiger partial charge < -0.3 is 4.74 Å². The standard InChI is InChI=1S/C14H19NO3/c1-9-6-11(8-16)10(2)12(7-9)15-13(17)18-14(3,4)5/h6-8H,1-5H3,(H,15,17). The van der Waals surface area contributed by atoms with Crippen LogP contribution in [-0.2, 0) is 4.74 Å². The predicted molar refractivity (Wildman–Crippen MR) is 71.2 cm³/mol. The lowest BCUT2D eigenvalue weighted by molar-refractivity contribution is 0.0635. The van der Waals surface area contributed by atoms with E-state index in [0.717, 1.165) is 17.4 Å². The fourth-order valence-corrected chi connectivity index (χ4v) is 1.55. The van der Waals surface area contributed by atoms with Crippen LogP contribution in [0.25, 0.3) is 0 Å². The molecule has 0 aliphatic heterocycles. The van der Waals surface area contributed by atoms with Gasteiger partial charge in [0.2, 0.25) is 0 Å². The van der Waals surface area contributed by atoms with Crippen molar-refractivity contribution < 1.29 is 14.3 Å². The Balaban J connectivity index is 2.94. The summed E-state index contributed by atoms with van der Waals surface area (Å²) in [6.45, 7) is 9.05. The molecule has 0 unspecified atom stereocenters. The first-order chi connectivity index (χ1) is 8.23. The van der Waals surface area contributed by atoms with E-state index < -0.39 is 11.7 Å². The second kappa shape index (κ2) is 5.21. The van der Waals surface area contributed by atoms with E-state index in [2.05, 4.69) is 5.32 Å². The highest BCUT2D eigenvalue weighted by molar-refractivity contribution is 5.89. The van der Waals surface area contributed by atoms with Crippen LogP contribution >= 0.6 is 0 Å². The number of aldehydes is 1. The minimum Gasteiger partial charge on any atom is -0.444 e. The maximum Gasteiger partial charge on any atom is 0.412 e. The fourth-order valence-electron chi connectivity index (χ4n) is 1.55. The molecule has 0 aliphatic carbocycles. The van der Waals surface area contributed by atoms with Crippen LogP contribution in [0.2, 0.25) is 0 Å². The van der Waals surface area contributed by atoms with E-state index in [0.29, 0.717) is 11.3 Å². The number of rotatable bonds is 2. The van der Waals surface area contributed by atoms with E-state index in [4.69, 9.17) is 4.74 Å². The summed E-state index contributed by atoms with van der Waals surface area (Å²) in [5.41, 5.74) is 2.28. The Bertz CT molecular complexity index is 473. The van der Waals surface area contributed by atoms with Gasteiger partial charge in [0.1, 0.15) is 11.9 Å². The smallest absolute Gasteiger partial charge is 0.412 e. The van der Waals surface area contributed by atoms with Crippen LogP contribution in [0.4, 0.5) is 10.5 Å². The Hall–Kier alpha value is -1.84. The lowest BCUT2D eigenvalue weighted by Gasteiger charge is -2.20. The zero-order valence-corrected chi connectivity index (χ0v) is 11.5. The average Bonchev–Trinajstić information content (AvgIpc) is 2.20. The summed E-state index contributed by atoms with van der Waals surface area (Å²) in [6.07, 6.45) is 0.260. The van der Waals surface area contributed by atoms with Gasteiger partial charge in [0.05, 0.1) is 0 Å². The number of ether oxygens (including phenoxy) is 1. The number of nitrogens with one attached hydrogen (secondary N) is 1. The van der Waals surface area contributed by atoms with Gasteiger partial charge >= 0.3 is 6.09 Å². The highest BCUT2D eigenvalue weighted by Gasteiger charge is 2.17. The van der Waals surface area contributed by atoms with Gasteiger partial charge in [-0.3, -0.25) is 10.1 Å². The van der Waals surface area contributed by atoms with Crippen LogP contribution in [0.3, 0.4) is 0 Å². The molecule has 1 N–H and O–H groups in total. The van der Waals surface area contributed by atoms with Crippen LogP contribution < -0.4 is 5.32 Å². The van der Waals surface area contributed by atoms with Crippen LogP contribution in [0, 0.1) is 13.8 Å². The molecule has 0 radical (unpaired) electrons. The molecule has 1 aromatic carbocycles. The first-order valence-corrected chi connectivity index (χ1v) is 5.79. The quantitative estimate of drug-likeness (QED) is 0.816. The molecule has 1 aromatic rings. The third-order valence-corrected chi connectivity index (χ3v) is 2.35. The van der Waals surface area contributed by atoms with Crippen molar-refractivity contribution in [1.82, 2.24) is 0 Å². The monoisotopic (exact) mass is 249 g/mol. The van der Waals surface area contributed by atoms with Crippen molar-refractivity contribution in [2.75, 3.05) is 5.32 Å². The first-order valence-electron chi connectivity index (χ1n) is 5.79. The summed E-state index contributed by atoms with van der Waals surface area (Å²) >= 11 is 0. The molecule has 18 heavy (non-hydrogen) atoms. The Kier molecular flexibility index (Phi) is 4.11. The van der Waals surface area contributed by atoms with E-state index in [-0.39, 0.29) is 0 Å². The largest absolute Gasteiger partial charge is 0.444 e. The number of carbonyl (C=O) groups is 2. The van der Waals surface area contributed by atoms with Crippen molar-refractivity contribution in [1.29, 1.82) is 0 Å². The molecule has 0 aromatic heterocycles. The van der Waals surface area contributed by atoms with Crippen molar-refractivity contribution in [2.45, 2.75) is 40.2 Å². The van der Waals surface area contributed by atoms with Crippen molar-refractivity contribution in [3.8, 4) is 0 Å². The van der Waals surface area contributed by atoms with E-state index in [1.807, 2.05) is 13.0 Å². The maximum atomic E-state index is 11.7. The Morgan fingerprint density at radius 1 is 1.28 bits per heavy atom. The molecule has 98 valence electrons. The van der Waals surface area contributed by atoms with E-state index >= 15 is 0 Å². The van der Waals surface area contributed by atoms with Crippen LogP contribution in [0.1, 0.15) is 42.3 Å². The average molecular weight is 249 g/mol. The molecular weight excluding hydrogens is 230 g/mol. The van der Waals surface area contributed by atoms with Gasteiger partial charge in [-0.05, 0) is 57.9 Å². The van der Waals surface area contributed by atoms with Crippen LogP contribution in [0.5, 0.6) is 0 Å². The second-order valence-corrected chi connectivity index (χ2v) is 5.27. The molecular formula is C14H19NO3. The molecule has 1 amide bonds. The van der Waals surface area contributed by atoms with Gasteiger partial charge in [-0.1, -0.05) is 0 Å². The minimum atomic E-state index is -0.546. The number of hydrogen-bond acceptors (Lipinski definition) is 3. The number of aryl methyl sites for hydroxylation is 1. The molecule has 0 heterocycles. The van der Waals surface area contributed by atoms with Crippen molar-refractivity contribution in [3.63, 3.8) is 0 Å². The van der Waals surface area contributed by atoms with Crippen LogP contribution in [-0.4, -0.2) is 18.0 Å². The highest BCUT2D eigenvalue weighted by atomic mass is 16.6. The maximum absolute atomic E-state index is 11.7. The second-order valence-electron chi connectivity index (χ2n) is 5.27. The van der Waals surface area contributed by atoms with Crippen molar-refractivity contribution in [2.24, 2.45) is 0 Å². The van der Waals surface area contributed by atoms with Gasteiger partial charge in [-0.25, -0.2) is 4.79 Å². The summed E-state index contributed by atoms with van der Waals surface area (Å²) in [5, 5.41) is 2.66. The molecule has 4 heteroatoms. The topological polar surface area (TPSA) is 55.4 Å². The number of amides is 1. The SMILES string of the molecule is Cc1cc(C=O)c(C)c(NC(=O)OC(C)(C)C)c1. The number of anilines is 1. The predicted octanol–water partition coefficient (Wildman–Crippen LogP) is 3.46. The third-order valence-electron chi connectivity index (χ3n) is 2.35. The first kappa shape index (κ1) is 14.2. The van der Waals surface area contributed by atoms with E-state index in [1.54, 1.807) is 33.8 Å². The Morgan fingerprint density at radius 3 is 2.39 bits per heavy atom. The molecule has 0 bridgehead atoms. The Morgan fingerprint density at radius 2 is 1.89 bits per heavy atom. The molecule has 0 spiro atoms. The summed E-state index contributed by atoms with van der Waals surface area (Å²) in [5.74, 6) is 0.